The van der Waals surface area contributed by atoms with E-state index in [-0.39, 0.29) is 25.5 Å². The van der Waals surface area contributed by atoms with Crippen molar-refractivity contribution in [1.29, 1.82) is 0 Å². The van der Waals surface area contributed by atoms with Gasteiger partial charge in [0.05, 0.1) is 16.6 Å². The summed E-state index contributed by atoms with van der Waals surface area (Å²) in [5, 5.41) is 4.67. The normalized spacial score (nSPS) is 11.4. The first kappa shape index (κ1) is 32.2. The Kier molecular flexibility index (Phi) is 8.73. The second-order valence-electron chi connectivity index (χ2n) is 12.9. The van der Waals surface area contributed by atoms with Crippen LogP contribution in [0.25, 0.3) is 71.9 Å². The molecule has 241 valence electrons. The summed E-state index contributed by atoms with van der Waals surface area (Å²) in [6.45, 7) is 6.58. The van der Waals surface area contributed by atoms with E-state index in [9.17, 15) is 0 Å². The zero-order valence-corrected chi connectivity index (χ0v) is 29.8. The van der Waals surface area contributed by atoms with Gasteiger partial charge in [-0.1, -0.05) is 98.5 Å². The number of para-hydroxylation sites is 2. The van der Waals surface area contributed by atoms with Crippen LogP contribution in [0.4, 0.5) is 0 Å². The SMILES string of the molecule is CC(C)(C)c1ccc(-c2[c-]cccc2)nc1.[Ir].[c-]1ccc2c(oc3cc(-n4c5ccccc5c5ccccc54)ccc32)c1-c1ccccn1. The quantitative estimate of drug-likeness (QED) is 0.167. The standard InChI is InChI=1S/C29H17N2O.C15H16N.Ir/c1-3-13-26-20(8-1)21-9-2-4-14-27(21)31(26)19-15-16-22-23-10-7-11-24(25-12-5-6-17-30-25)29(23)32-28(22)18-19;1-15(2,3)13-9-10-14(16-11-13)12-7-5-4-6-8-12;/h1-10,12-18H;4-7,9-11H,1-3H3;/q2*-1;. The van der Waals surface area contributed by atoms with Gasteiger partial charge in [-0.05, 0) is 46.6 Å². The van der Waals surface area contributed by atoms with Crippen LogP contribution in [0.2, 0.25) is 0 Å². The first-order valence-electron chi connectivity index (χ1n) is 16.2. The third kappa shape index (κ3) is 6.08. The number of hydrogen-bond donors (Lipinski definition) is 0. The molecule has 0 aliphatic carbocycles. The molecule has 0 aliphatic heterocycles. The molecule has 9 aromatic rings. The monoisotopic (exact) mass is 812 g/mol. The molecule has 0 atom stereocenters. The van der Waals surface area contributed by atoms with Gasteiger partial charge in [0.15, 0.2) is 0 Å². The van der Waals surface area contributed by atoms with Crippen molar-refractivity contribution in [3.63, 3.8) is 0 Å². The number of rotatable bonds is 3. The summed E-state index contributed by atoms with van der Waals surface area (Å²) >= 11 is 0. The molecular weight excluding hydrogens is 779 g/mol. The van der Waals surface area contributed by atoms with Gasteiger partial charge in [-0.2, -0.15) is 0 Å². The van der Waals surface area contributed by atoms with Crippen LogP contribution in [0.15, 0.2) is 150 Å². The molecule has 4 aromatic heterocycles. The van der Waals surface area contributed by atoms with E-state index in [4.69, 9.17) is 4.42 Å². The smallest absolute Gasteiger partial charge is 0.123 e. The maximum atomic E-state index is 6.42. The fourth-order valence-corrected chi connectivity index (χ4v) is 6.32. The van der Waals surface area contributed by atoms with Gasteiger partial charge in [-0.25, -0.2) is 0 Å². The number of pyridine rings is 2. The summed E-state index contributed by atoms with van der Waals surface area (Å²) in [4.78, 5) is 8.98. The second kappa shape index (κ2) is 13.3. The van der Waals surface area contributed by atoms with Crippen LogP contribution in [-0.4, -0.2) is 14.5 Å². The van der Waals surface area contributed by atoms with Gasteiger partial charge in [-0.15, -0.1) is 54.1 Å². The summed E-state index contributed by atoms with van der Waals surface area (Å²) in [5.74, 6) is 0. The van der Waals surface area contributed by atoms with E-state index in [1.54, 1.807) is 6.20 Å². The Bertz CT molecular complexity index is 2470. The van der Waals surface area contributed by atoms with E-state index in [0.717, 1.165) is 50.1 Å². The van der Waals surface area contributed by atoms with Crippen molar-refractivity contribution >= 4 is 43.7 Å². The summed E-state index contributed by atoms with van der Waals surface area (Å²) in [7, 11) is 0. The molecule has 0 N–H and O–H groups in total. The average molecular weight is 812 g/mol. The van der Waals surface area contributed by atoms with Crippen molar-refractivity contribution in [2.75, 3.05) is 0 Å². The van der Waals surface area contributed by atoms with E-state index < -0.39 is 0 Å². The summed E-state index contributed by atoms with van der Waals surface area (Å²) in [6.07, 6.45) is 3.75. The number of hydrogen-bond acceptors (Lipinski definition) is 3. The van der Waals surface area contributed by atoms with Crippen molar-refractivity contribution in [2.45, 2.75) is 26.2 Å². The number of aromatic nitrogens is 3. The molecule has 0 amide bonds. The van der Waals surface area contributed by atoms with Gasteiger partial charge < -0.3 is 19.0 Å². The third-order valence-corrected chi connectivity index (χ3v) is 8.79. The summed E-state index contributed by atoms with van der Waals surface area (Å²) < 4.78 is 8.72. The maximum Gasteiger partial charge on any atom is 0.123 e. The van der Waals surface area contributed by atoms with Crippen molar-refractivity contribution in [3.05, 3.63) is 164 Å². The van der Waals surface area contributed by atoms with Crippen LogP contribution in [0.3, 0.4) is 0 Å². The molecule has 1 radical (unpaired) electrons. The molecule has 0 saturated heterocycles. The zero-order chi connectivity index (χ0) is 32.7. The van der Waals surface area contributed by atoms with Gasteiger partial charge in [0.1, 0.15) is 5.58 Å². The first-order valence-corrected chi connectivity index (χ1v) is 16.2. The molecule has 5 heteroatoms. The largest absolute Gasteiger partial charge is 0.501 e. The van der Waals surface area contributed by atoms with Crippen LogP contribution in [-0.2, 0) is 25.5 Å². The van der Waals surface area contributed by atoms with Crippen molar-refractivity contribution in [3.8, 4) is 28.2 Å². The van der Waals surface area contributed by atoms with E-state index in [2.05, 4.69) is 132 Å². The minimum Gasteiger partial charge on any atom is -0.501 e. The minimum atomic E-state index is 0. The average Bonchev–Trinajstić information content (AvgIpc) is 3.68. The topological polar surface area (TPSA) is 43.9 Å². The van der Waals surface area contributed by atoms with Gasteiger partial charge in [0.2, 0.25) is 0 Å². The van der Waals surface area contributed by atoms with Crippen LogP contribution in [0, 0.1) is 12.1 Å². The fourth-order valence-electron chi connectivity index (χ4n) is 6.32. The molecule has 0 bridgehead atoms. The van der Waals surface area contributed by atoms with Gasteiger partial charge in [0, 0.05) is 60.4 Å². The molecule has 0 fully saturated rings. The van der Waals surface area contributed by atoms with E-state index in [1.165, 1.54) is 27.4 Å². The van der Waals surface area contributed by atoms with Crippen LogP contribution in [0.1, 0.15) is 26.3 Å². The number of fused-ring (bicyclic) bond motifs is 6. The molecule has 0 saturated carbocycles. The Hall–Kier alpha value is -5.35. The second-order valence-corrected chi connectivity index (χ2v) is 12.9. The number of furan rings is 1. The van der Waals surface area contributed by atoms with Crippen molar-refractivity contribution in [1.82, 2.24) is 14.5 Å². The Morgan fingerprint density at radius 2 is 1.35 bits per heavy atom. The Labute approximate surface area is 299 Å². The van der Waals surface area contributed by atoms with Crippen molar-refractivity contribution in [2.24, 2.45) is 0 Å². The molecule has 0 aliphatic rings. The number of benzene rings is 5. The van der Waals surface area contributed by atoms with E-state index >= 15 is 0 Å². The maximum absolute atomic E-state index is 6.42. The van der Waals surface area contributed by atoms with Gasteiger partial charge in [-0.3, -0.25) is 0 Å². The Morgan fingerprint density at radius 3 is 2.00 bits per heavy atom. The third-order valence-electron chi connectivity index (χ3n) is 8.79. The molecule has 5 aromatic carbocycles. The van der Waals surface area contributed by atoms with Gasteiger partial charge >= 0.3 is 0 Å². The van der Waals surface area contributed by atoms with E-state index in [1.807, 2.05) is 54.7 Å². The van der Waals surface area contributed by atoms with Crippen LogP contribution in [0.5, 0.6) is 0 Å². The van der Waals surface area contributed by atoms with Crippen LogP contribution < -0.4 is 0 Å². The predicted molar refractivity (Wildman–Crippen MR) is 197 cm³/mol. The van der Waals surface area contributed by atoms with Crippen molar-refractivity contribution < 1.29 is 24.5 Å². The Morgan fingerprint density at radius 1 is 0.612 bits per heavy atom. The predicted octanol–water partition coefficient (Wildman–Crippen LogP) is 11.4. The number of nitrogens with zero attached hydrogens (tertiary/aromatic N) is 3. The summed E-state index contributed by atoms with van der Waals surface area (Å²) in [6, 6.07) is 52.1. The molecular formula is C44H33IrN3O-2. The molecule has 4 heterocycles. The van der Waals surface area contributed by atoms with Crippen LogP contribution >= 0.6 is 0 Å². The zero-order valence-electron chi connectivity index (χ0n) is 27.4. The minimum absolute atomic E-state index is 0. The van der Waals surface area contributed by atoms with Gasteiger partial charge in [0.25, 0.3) is 0 Å². The molecule has 4 nitrogen and oxygen atoms in total. The molecule has 0 spiro atoms. The fraction of sp³-hybridized carbons (Fsp3) is 0.0909. The Balaban J connectivity index is 0.000000189. The van der Waals surface area contributed by atoms with E-state index in [0.29, 0.717) is 0 Å². The first-order chi connectivity index (χ1) is 23.5. The molecule has 49 heavy (non-hydrogen) atoms. The molecule has 9 rings (SSSR count). The molecule has 0 unspecified atom stereocenters. The summed E-state index contributed by atoms with van der Waals surface area (Å²) in [5.41, 5.74) is 10.3.